The molecular weight excluding hydrogens is 234 g/mol. The van der Waals surface area contributed by atoms with Crippen LogP contribution >= 0.6 is 0 Å². The van der Waals surface area contributed by atoms with Gasteiger partial charge in [-0.1, -0.05) is 6.92 Å². The predicted octanol–water partition coefficient (Wildman–Crippen LogP) is -0.513. The zero-order valence-corrected chi connectivity index (χ0v) is 10.4. The molecule has 0 aromatic heterocycles. The Morgan fingerprint density at radius 1 is 1.50 bits per heavy atom. The van der Waals surface area contributed by atoms with E-state index in [1.807, 2.05) is 6.92 Å². The third-order valence-electron chi connectivity index (χ3n) is 2.04. The summed E-state index contributed by atoms with van der Waals surface area (Å²) in [6.45, 7) is 2.24. The van der Waals surface area contributed by atoms with Gasteiger partial charge in [-0.3, -0.25) is 4.79 Å². The molecule has 16 heavy (non-hydrogen) atoms. The number of esters is 1. The second-order valence-corrected chi connectivity index (χ2v) is 5.47. The molecule has 0 heterocycles. The largest absolute Gasteiger partial charge is 0.468 e. The summed E-state index contributed by atoms with van der Waals surface area (Å²) < 4.78 is 29.1. The molecule has 0 saturated carbocycles. The summed E-state index contributed by atoms with van der Waals surface area (Å²) in [5.74, 6) is -1.28. The lowest BCUT2D eigenvalue weighted by Crippen LogP contribution is -2.31. The average molecular weight is 253 g/mol. The van der Waals surface area contributed by atoms with Gasteiger partial charge in [-0.15, -0.1) is 0 Å². The molecule has 6 nitrogen and oxygen atoms in total. The van der Waals surface area contributed by atoms with Crippen molar-refractivity contribution in [2.75, 3.05) is 26.0 Å². The van der Waals surface area contributed by atoms with Crippen molar-refractivity contribution in [1.29, 1.82) is 0 Å². The molecule has 0 aliphatic rings. The first-order valence-electron chi connectivity index (χ1n) is 5.06. The van der Waals surface area contributed by atoms with Gasteiger partial charge in [-0.2, -0.15) is 0 Å². The molecule has 0 aliphatic carbocycles. The maximum absolute atomic E-state index is 11.3. The van der Waals surface area contributed by atoms with E-state index in [0.717, 1.165) is 13.5 Å². The van der Waals surface area contributed by atoms with E-state index in [1.165, 1.54) is 0 Å². The quantitative estimate of drug-likeness (QED) is 0.449. The molecule has 0 aromatic rings. The molecule has 1 atom stereocenters. The molecule has 2 N–H and O–H groups in total. The van der Waals surface area contributed by atoms with Gasteiger partial charge in [0.1, 0.15) is 0 Å². The van der Waals surface area contributed by atoms with Crippen LogP contribution < -0.4 is 4.72 Å². The van der Waals surface area contributed by atoms with E-state index >= 15 is 0 Å². The van der Waals surface area contributed by atoms with Crippen molar-refractivity contribution in [3.63, 3.8) is 0 Å². The second kappa shape index (κ2) is 7.59. The predicted molar refractivity (Wildman–Crippen MR) is 59.3 cm³/mol. The molecule has 96 valence electrons. The number of aliphatic hydroxyl groups is 1. The first-order valence-corrected chi connectivity index (χ1v) is 6.71. The third kappa shape index (κ3) is 7.61. The van der Waals surface area contributed by atoms with Crippen molar-refractivity contribution in [3.8, 4) is 0 Å². The summed E-state index contributed by atoms with van der Waals surface area (Å²) in [6.07, 6.45) is 1.36. The summed E-state index contributed by atoms with van der Waals surface area (Å²) in [5.41, 5.74) is 0. The monoisotopic (exact) mass is 253 g/mol. The van der Waals surface area contributed by atoms with Gasteiger partial charge >= 0.3 is 5.97 Å². The van der Waals surface area contributed by atoms with E-state index in [9.17, 15) is 13.2 Å². The fourth-order valence-electron chi connectivity index (χ4n) is 1.03. The number of sulfonamides is 1. The fourth-order valence-corrected chi connectivity index (χ4v) is 2.02. The summed E-state index contributed by atoms with van der Waals surface area (Å²) >= 11 is 0. The minimum atomic E-state index is -3.58. The Morgan fingerprint density at radius 3 is 2.62 bits per heavy atom. The van der Waals surface area contributed by atoms with Crippen LogP contribution in [0.25, 0.3) is 0 Å². The number of carbonyl (C=O) groups excluding carboxylic acids is 1. The molecular formula is C9H19NO5S. The number of carbonyl (C=O) groups is 1. The highest BCUT2D eigenvalue weighted by Gasteiger charge is 2.15. The Balaban J connectivity index is 3.79. The number of rotatable bonds is 8. The Labute approximate surface area is 96.0 Å². The number of hydrogen-bond donors (Lipinski definition) is 2. The maximum atomic E-state index is 11.3. The van der Waals surface area contributed by atoms with E-state index in [2.05, 4.69) is 9.46 Å². The molecule has 0 aliphatic heterocycles. The normalized spacial score (nSPS) is 13.4. The molecule has 0 bridgehead atoms. The van der Waals surface area contributed by atoms with Crippen molar-refractivity contribution in [2.45, 2.75) is 19.8 Å². The molecule has 0 rings (SSSR count). The van der Waals surface area contributed by atoms with Gasteiger partial charge in [0.2, 0.25) is 10.0 Å². The Kier molecular flexibility index (Phi) is 7.27. The second-order valence-electron chi connectivity index (χ2n) is 3.66. The number of hydrogen-bond acceptors (Lipinski definition) is 5. The van der Waals surface area contributed by atoms with Gasteiger partial charge in [0.25, 0.3) is 0 Å². The molecule has 0 radical (unpaired) electrons. The number of ether oxygens (including phenoxy) is 1. The van der Waals surface area contributed by atoms with Crippen molar-refractivity contribution >= 4 is 16.0 Å². The number of methoxy groups -OCH3 is 1. The lowest BCUT2D eigenvalue weighted by atomic mass is 10.1. The number of nitrogens with one attached hydrogen (secondary N) is 1. The highest BCUT2D eigenvalue weighted by atomic mass is 32.2. The minimum Gasteiger partial charge on any atom is -0.468 e. The maximum Gasteiger partial charge on any atom is 0.322 e. The van der Waals surface area contributed by atoms with Crippen LogP contribution in [0.5, 0.6) is 0 Å². The fraction of sp³-hybridized carbons (Fsp3) is 0.889. The lowest BCUT2D eigenvalue weighted by Gasteiger charge is -2.08. The van der Waals surface area contributed by atoms with Gasteiger partial charge in [0, 0.05) is 13.2 Å². The van der Waals surface area contributed by atoms with Gasteiger partial charge < -0.3 is 9.84 Å². The van der Waals surface area contributed by atoms with Crippen molar-refractivity contribution in [2.24, 2.45) is 5.92 Å². The highest BCUT2D eigenvalue weighted by Crippen LogP contribution is 2.02. The Hall–Kier alpha value is -0.660. The van der Waals surface area contributed by atoms with Gasteiger partial charge in [-0.05, 0) is 18.8 Å². The zero-order chi connectivity index (χ0) is 12.6. The molecule has 0 aromatic carbocycles. The molecule has 0 fully saturated rings. The van der Waals surface area contributed by atoms with E-state index < -0.39 is 21.7 Å². The summed E-state index contributed by atoms with van der Waals surface area (Å²) in [6, 6.07) is 0. The van der Waals surface area contributed by atoms with Gasteiger partial charge in [0.05, 0.1) is 7.11 Å². The Bertz CT molecular complexity index is 301. The molecule has 1 unspecified atom stereocenters. The summed E-state index contributed by atoms with van der Waals surface area (Å²) in [4.78, 5) is 10.7. The Morgan fingerprint density at radius 2 is 2.12 bits per heavy atom. The van der Waals surface area contributed by atoms with Crippen LogP contribution in [0.3, 0.4) is 0 Å². The summed E-state index contributed by atoms with van der Waals surface area (Å²) in [5, 5.41) is 8.74. The van der Waals surface area contributed by atoms with Crippen LogP contribution in [-0.4, -0.2) is 45.5 Å². The van der Waals surface area contributed by atoms with Crippen molar-refractivity contribution in [3.05, 3.63) is 0 Å². The topological polar surface area (TPSA) is 92.7 Å². The first kappa shape index (κ1) is 15.3. The zero-order valence-electron chi connectivity index (χ0n) is 9.60. The van der Waals surface area contributed by atoms with Crippen LogP contribution in [0.4, 0.5) is 0 Å². The van der Waals surface area contributed by atoms with E-state index in [1.54, 1.807) is 0 Å². The lowest BCUT2D eigenvalue weighted by molar-refractivity contribution is -0.137. The van der Waals surface area contributed by atoms with Crippen LogP contribution in [0.2, 0.25) is 0 Å². The van der Waals surface area contributed by atoms with Gasteiger partial charge in [0.15, 0.2) is 5.75 Å². The molecule has 0 spiro atoms. The third-order valence-corrected chi connectivity index (χ3v) is 3.30. The van der Waals surface area contributed by atoms with Crippen molar-refractivity contribution < 1.29 is 23.1 Å². The highest BCUT2D eigenvalue weighted by molar-refractivity contribution is 7.90. The molecule has 0 amide bonds. The van der Waals surface area contributed by atoms with Gasteiger partial charge in [-0.25, -0.2) is 13.1 Å². The van der Waals surface area contributed by atoms with Crippen LogP contribution in [0, 0.1) is 5.92 Å². The first-order chi connectivity index (χ1) is 7.41. The van der Waals surface area contributed by atoms with Crippen LogP contribution in [-0.2, 0) is 19.6 Å². The SMILES string of the molecule is COC(=O)CS(=O)(=O)NCCCC(C)CO. The smallest absolute Gasteiger partial charge is 0.322 e. The minimum absolute atomic E-state index is 0.0922. The number of aliphatic hydroxyl groups excluding tert-OH is 1. The van der Waals surface area contributed by atoms with E-state index in [4.69, 9.17) is 5.11 Å². The molecule has 7 heteroatoms. The van der Waals surface area contributed by atoms with E-state index in [-0.39, 0.29) is 19.1 Å². The summed E-state index contributed by atoms with van der Waals surface area (Å²) in [7, 11) is -2.44. The van der Waals surface area contributed by atoms with E-state index in [0.29, 0.717) is 6.42 Å². The standard InChI is InChI=1S/C9H19NO5S/c1-8(6-11)4-3-5-10-16(13,14)7-9(12)15-2/h8,10-11H,3-7H2,1-2H3. The van der Waals surface area contributed by atoms with Crippen LogP contribution in [0.1, 0.15) is 19.8 Å². The average Bonchev–Trinajstić information content (AvgIpc) is 2.23. The van der Waals surface area contributed by atoms with Crippen LogP contribution in [0.15, 0.2) is 0 Å². The van der Waals surface area contributed by atoms with Crippen molar-refractivity contribution in [1.82, 2.24) is 4.72 Å². The molecule has 0 saturated heterocycles.